The summed E-state index contributed by atoms with van der Waals surface area (Å²) in [6.45, 7) is 1.67. The van der Waals surface area contributed by atoms with Crippen LogP contribution in [0.4, 0.5) is 5.82 Å². The maximum Gasteiger partial charge on any atom is 0.272 e. The first-order chi connectivity index (χ1) is 19.6. The maximum atomic E-state index is 13.2. The number of ether oxygens (including phenoxy) is 1. The summed E-state index contributed by atoms with van der Waals surface area (Å²) in [5.74, 6) is 0.184. The summed E-state index contributed by atoms with van der Waals surface area (Å²) >= 11 is 0. The highest BCUT2D eigenvalue weighted by Gasteiger charge is 2.36. The number of aromatic nitrogens is 7. The number of aromatic amines is 1. The first-order valence-electron chi connectivity index (χ1n) is 13.4. The second-order valence-electron chi connectivity index (χ2n) is 10.3. The molecule has 0 aliphatic carbocycles. The Hall–Kier alpha value is -4.55. The summed E-state index contributed by atoms with van der Waals surface area (Å²) in [6.07, 6.45) is 6.43. The van der Waals surface area contributed by atoms with Crippen LogP contribution >= 0.6 is 0 Å². The summed E-state index contributed by atoms with van der Waals surface area (Å²) in [5.41, 5.74) is 12.0. The van der Waals surface area contributed by atoms with Crippen molar-refractivity contribution in [2.75, 3.05) is 25.5 Å². The molecule has 7 rings (SSSR count). The van der Waals surface area contributed by atoms with Crippen molar-refractivity contribution in [1.82, 2.24) is 39.5 Å². The molecule has 2 saturated heterocycles. The molecule has 2 fully saturated rings. The number of amides is 1. The predicted octanol–water partition coefficient (Wildman–Crippen LogP) is 2.86. The van der Waals surface area contributed by atoms with Crippen LogP contribution in [-0.2, 0) is 4.74 Å². The van der Waals surface area contributed by atoms with Crippen LogP contribution in [0.3, 0.4) is 0 Å². The van der Waals surface area contributed by atoms with Gasteiger partial charge in [-0.1, -0.05) is 18.2 Å². The average Bonchev–Trinajstić information content (AvgIpc) is 3.79. The molecule has 4 N–H and O–H groups in total. The fourth-order valence-electron chi connectivity index (χ4n) is 6.01. The number of aliphatic hydroxyl groups is 1. The minimum absolute atomic E-state index is 0.193. The number of carbonyl (C=O) groups excluding carboxylic acids is 1. The van der Waals surface area contributed by atoms with Gasteiger partial charge in [-0.05, 0) is 49.1 Å². The zero-order valence-corrected chi connectivity index (χ0v) is 21.7. The maximum absolute atomic E-state index is 13.2. The zero-order chi connectivity index (χ0) is 27.2. The number of nitrogens with two attached hydrogens (primary N) is 1. The summed E-state index contributed by atoms with van der Waals surface area (Å²) in [5, 5.41) is 26.4. The number of H-pyrrole nitrogens is 1. The molecule has 0 bridgehead atoms. The molecule has 2 atom stereocenters. The number of aliphatic hydroxyl groups excluding tert-OH is 1. The molecule has 6 heterocycles. The molecule has 0 unspecified atom stereocenters. The van der Waals surface area contributed by atoms with E-state index in [2.05, 4.69) is 42.2 Å². The van der Waals surface area contributed by atoms with Gasteiger partial charge in [0.25, 0.3) is 5.91 Å². The Bertz CT molecular complexity index is 1670. The van der Waals surface area contributed by atoms with Crippen LogP contribution < -0.4 is 5.73 Å². The Morgan fingerprint density at radius 3 is 2.77 bits per heavy atom. The fraction of sp³-hybridized carbons (Fsp3) is 0.321. The molecule has 12 heteroatoms. The van der Waals surface area contributed by atoms with Gasteiger partial charge in [-0.15, -0.1) is 0 Å². The second-order valence-corrected chi connectivity index (χ2v) is 10.3. The summed E-state index contributed by atoms with van der Waals surface area (Å²) in [7, 11) is 0. The van der Waals surface area contributed by atoms with Gasteiger partial charge in [0.2, 0.25) is 0 Å². The first kappa shape index (κ1) is 24.5. The standard InChI is InChI=1S/C28H29N9O3/c29-27-26-21(23-5-9-32-36(23)19-6-10-40-11-7-19)14-25(37(26)33-16-30-27)18-3-1-2-17(12-18)24-13-20(38)15-35(24)28(39)22-4-8-31-34-22/h1-5,8-9,12,14,16,19-20,24,38H,6-7,10-11,13,15H2,(H,31,34)(H2,29,30,33)/t20-,24+/m1/s1. The Labute approximate surface area is 229 Å². The van der Waals surface area contributed by atoms with E-state index in [1.807, 2.05) is 35.0 Å². The van der Waals surface area contributed by atoms with Gasteiger partial charge in [0.05, 0.1) is 29.6 Å². The number of carbonyl (C=O) groups is 1. The van der Waals surface area contributed by atoms with Gasteiger partial charge in [0, 0.05) is 43.3 Å². The lowest BCUT2D eigenvalue weighted by Crippen LogP contribution is -2.32. The minimum atomic E-state index is -0.612. The van der Waals surface area contributed by atoms with Crippen molar-refractivity contribution >= 4 is 17.2 Å². The third-order valence-electron chi connectivity index (χ3n) is 7.90. The van der Waals surface area contributed by atoms with Crippen LogP contribution in [0, 0.1) is 0 Å². The van der Waals surface area contributed by atoms with E-state index in [4.69, 9.17) is 10.5 Å². The van der Waals surface area contributed by atoms with Crippen molar-refractivity contribution in [2.24, 2.45) is 0 Å². The van der Waals surface area contributed by atoms with Gasteiger partial charge in [-0.3, -0.25) is 14.6 Å². The number of β-amino-alcohol motifs (C(OH)–C–C–N with tert-alkyl or cyclic N) is 1. The van der Waals surface area contributed by atoms with Crippen molar-refractivity contribution < 1.29 is 14.6 Å². The van der Waals surface area contributed by atoms with Crippen LogP contribution in [0.2, 0.25) is 0 Å². The number of nitrogens with one attached hydrogen (secondary N) is 1. The Kier molecular flexibility index (Phi) is 6.05. The number of anilines is 1. The number of fused-ring (bicyclic) bond motifs is 1. The highest BCUT2D eigenvalue weighted by molar-refractivity contribution is 5.93. The van der Waals surface area contributed by atoms with E-state index in [-0.39, 0.29) is 24.5 Å². The van der Waals surface area contributed by atoms with Crippen molar-refractivity contribution in [3.63, 3.8) is 0 Å². The molecule has 40 heavy (non-hydrogen) atoms. The van der Waals surface area contributed by atoms with Crippen LogP contribution in [-0.4, -0.2) is 76.4 Å². The van der Waals surface area contributed by atoms with Crippen LogP contribution in [0.25, 0.3) is 28.0 Å². The smallest absolute Gasteiger partial charge is 0.272 e. The van der Waals surface area contributed by atoms with Crippen LogP contribution in [0.5, 0.6) is 0 Å². The van der Waals surface area contributed by atoms with Gasteiger partial charge in [0.1, 0.15) is 17.5 Å². The summed E-state index contributed by atoms with van der Waals surface area (Å²) in [4.78, 5) is 19.2. The van der Waals surface area contributed by atoms with E-state index < -0.39 is 6.10 Å². The Morgan fingerprint density at radius 1 is 1.07 bits per heavy atom. The highest BCUT2D eigenvalue weighted by Crippen LogP contribution is 2.39. The van der Waals surface area contributed by atoms with Crippen molar-refractivity contribution in [1.29, 1.82) is 0 Å². The molecule has 1 aromatic carbocycles. The molecule has 12 nitrogen and oxygen atoms in total. The van der Waals surface area contributed by atoms with Crippen LogP contribution in [0.1, 0.15) is 47.4 Å². The molecular formula is C28H29N9O3. The molecule has 204 valence electrons. The topological polar surface area (TPSA) is 152 Å². The normalized spacial score (nSPS) is 20.0. The first-order valence-corrected chi connectivity index (χ1v) is 13.4. The molecule has 0 saturated carbocycles. The van der Waals surface area contributed by atoms with E-state index in [9.17, 15) is 9.90 Å². The number of nitrogen functional groups attached to an aromatic ring is 1. The Morgan fingerprint density at radius 2 is 1.95 bits per heavy atom. The lowest BCUT2D eigenvalue weighted by Gasteiger charge is -2.24. The number of rotatable bonds is 5. The predicted molar refractivity (Wildman–Crippen MR) is 146 cm³/mol. The van der Waals surface area contributed by atoms with E-state index >= 15 is 0 Å². The molecule has 2 aliphatic rings. The lowest BCUT2D eigenvalue weighted by molar-refractivity contribution is 0.0667. The second kappa shape index (κ2) is 9.88. The molecule has 2 aliphatic heterocycles. The number of hydrogen-bond acceptors (Lipinski definition) is 8. The third-order valence-corrected chi connectivity index (χ3v) is 7.90. The van der Waals surface area contributed by atoms with Crippen molar-refractivity contribution in [3.05, 3.63) is 72.4 Å². The largest absolute Gasteiger partial charge is 0.391 e. The minimum Gasteiger partial charge on any atom is -0.391 e. The molecule has 1 amide bonds. The average molecular weight is 540 g/mol. The van der Waals surface area contributed by atoms with Crippen molar-refractivity contribution in [2.45, 2.75) is 37.5 Å². The fourth-order valence-corrected chi connectivity index (χ4v) is 6.01. The number of likely N-dealkylation sites (tertiary alicyclic amines) is 1. The van der Waals surface area contributed by atoms with Gasteiger partial charge < -0.3 is 20.5 Å². The Balaban J connectivity index is 1.31. The van der Waals surface area contributed by atoms with Gasteiger partial charge >= 0.3 is 0 Å². The summed E-state index contributed by atoms with van der Waals surface area (Å²) in [6, 6.07) is 13.7. The number of hydrogen-bond donors (Lipinski definition) is 3. The summed E-state index contributed by atoms with van der Waals surface area (Å²) < 4.78 is 9.44. The van der Waals surface area contributed by atoms with E-state index in [0.717, 1.165) is 40.9 Å². The third kappa shape index (κ3) is 4.12. The SMILES string of the molecule is Nc1ncnn2c(-c3cccc([C@@H]4C[C@@H](O)CN4C(=O)c4ccn[nH]4)c3)cc(-c3ccnn3C3CCOCC3)c12. The number of benzene rings is 1. The highest BCUT2D eigenvalue weighted by atomic mass is 16.5. The number of nitrogens with zero attached hydrogens (tertiary/aromatic N) is 7. The van der Waals surface area contributed by atoms with Crippen LogP contribution in [0.15, 0.2) is 61.2 Å². The van der Waals surface area contributed by atoms with Gasteiger partial charge in [-0.25, -0.2) is 9.50 Å². The quantitative estimate of drug-likeness (QED) is 0.308. The van der Waals surface area contributed by atoms with E-state index in [1.54, 1.807) is 17.2 Å². The van der Waals surface area contributed by atoms with E-state index in [0.29, 0.717) is 36.7 Å². The lowest BCUT2D eigenvalue weighted by atomic mass is 9.99. The van der Waals surface area contributed by atoms with Gasteiger partial charge in [-0.2, -0.15) is 15.3 Å². The molecular weight excluding hydrogens is 510 g/mol. The molecule has 0 radical (unpaired) electrons. The molecule has 4 aromatic heterocycles. The van der Waals surface area contributed by atoms with Gasteiger partial charge in [0.15, 0.2) is 5.82 Å². The van der Waals surface area contributed by atoms with E-state index in [1.165, 1.54) is 6.33 Å². The monoisotopic (exact) mass is 539 g/mol. The molecule has 5 aromatic rings. The zero-order valence-electron chi connectivity index (χ0n) is 21.7. The molecule has 0 spiro atoms. The van der Waals surface area contributed by atoms with Crippen molar-refractivity contribution in [3.8, 4) is 22.5 Å².